The molecule has 0 aromatic heterocycles. The van der Waals surface area contributed by atoms with Crippen LogP contribution in [0.5, 0.6) is 17.2 Å². The van der Waals surface area contributed by atoms with Crippen molar-refractivity contribution in [3.8, 4) is 17.2 Å². The van der Waals surface area contributed by atoms with E-state index in [1.54, 1.807) is 50.2 Å². The average Bonchev–Trinajstić information content (AvgIpc) is 3.22. The van der Waals surface area contributed by atoms with Gasteiger partial charge >= 0.3 is 17.6 Å². The first-order valence-corrected chi connectivity index (χ1v) is 18.4. The molecule has 12 nitrogen and oxygen atoms in total. The Hall–Kier alpha value is -6.24. The van der Waals surface area contributed by atoms with Gasteiger partial charge in [0.25, 0.3) is 0 Å². The predicted octanol–water partition coefficient (Wildman–Crippen LogP) is 7.43. The number of nitro groups is 1. The largest absolute Gasteiger partial charge is 0.482 e. The first-order chi connectivity index (χ1) is 27.3. The van der Waals surface area contributed by atoms with Crippen molar-refractivity contribution in [2.45, 2.75) is 39.0 Å². The molecule has 0 fully saturated rings. The summed E-state index contributed by atoms with van der Waals surface area (Å²) in [7, 11) is 0. The zero-order valence-corrected chi connectivity index (χ0v) is 31.5. The fraction of sp³-hybridized carbons (Fsp3) is 0.273. The van der Waals surface area contributed by atoms with Crippen LogP contribution in [0.15, 0.2) is 127 Å². The van der Waals surface area contributed by atoms with Gasteiger partial charge in [0.2, 0.25) is 0 Å². The van der Waals surface area contributed by atoms with Crippen LogP contribution in [0.3, 0.4) is 0 Å². The molecule has 56 heavy (non-hydrogen) atoms. The van der Waals surface area contributed by atoms with Gasteiger partial charge in [0.15, 0.2) is 19.0 Å². The van der Waals surface area contributed by atoms with E-state index in [0.717, 1.165) is 22.3 Å². The molecule has 0 saturated carbocycles. The summed E-state index contributed by atoms with van der Waals surface area (Å²) >= 11 is 0. The molecule has 12 heteroatoms. The second kappa shape index (κ2) is 21.0. The standard InChI is InChI=1S/C44H46N2O10/c1-3-52-43(48)30-54-37-20-15-34(16-21-37)39(35-17-22-38(23-18-35)55-31-44(49)53-4-2)27-45(26-32-11-7-5-8-12-32)41(28-47)36-19-24-42(40(25-36)46(50)51)56-29-33-13-9-6-10-14-33/h5-25,39,41,47H,3-4,26-31H2,1-2H3. The Morgan fingerprint density at radius 2 is 1.18 bits per heavy atom. The molecular formula is C44H46N2O10. The van der Waals surface area contributed by atoms with Crippen molar-refractivity contribution in [2.24, 2.45) is 0 Å². The summed E-state index contributed by atoms with van der Waals surface area (Å²) in [5.74, 6) is -0.138. The minimum atomic E-state index is -0.654. The van der Waals surface area contributed by atoms with Gasteiger partial charge in [-0.25, -0.2) is 9.59 Å². The van der Waals surface area contributed by atoms with Gasteiger partial charge < -0.3 is 28.8 Å². The molecule has 0 saturated heterocycles. The van der Waals surface area contributed by atoms with Gasteiger partial charge in [0.05, 0.1) is 30.8 Å². The van der Waals surface area contributed by atoms with E-state index in [1.807, 2.05) is 84.9 Å². The molecule has 5 aromatic carbocycles. The molecule has 0 radical (unpaired) electrons. The van der Waals surface area contributed by atoms with Crippen LogP contribution in [-0.2, 0) is 32.2 Å². The van der Waals surface area contributed by atoms with Crippen molar-refractivity contribution >= 4 is 17.6 Å². The molecule has 5 aromatic rings. The fourth-order valence-electron chi connectivity index (χ4n) is 6.21. The van der Waals surface area contributed by atoms with Crippen molar-refractivity contribution in [2.75, 3.05) is 39.6 Å². The number of esters is 2. The average molecular weight is 763 g/mol. The Labute approximate surface area is 326 Å². The van der Waals surface area contributed by atoms with Crippen LogP contribution in [0.2, 0.25) is 0 Å². The second-order valence-electron chi connectivity index (χ2n) is 12.8. The SMILES string of the molecule is CCOC(=O)COc1ccc(C(CN(Cc2ccccc2)C(CO)c2ccc(OCc3ccccc3)c([N+](=O)[O-])c2)c2ccc(OCC(=O)OCC)cc2)cc1. The topological polar surface area (TPSA) is 147 Å². The maximum absolute atomic E-state index is 12.4. The normalized spacial score (nSPS) is 11.5. The third kappa shape index (κ3) is 11.9. The number of carbonyl (C=O) groups excluding carboxylic acids is 2. The molecule has 292 valence electrons. The molecule has 1 N–H and O–H groups in total. The van der Waals surface area contributed by atoms with E-state index in [4.69, 9.17) is 23.7 Å². The van der Waals surface area contributed by atoms with E-state index in [1.165, 1.54) is 6.07 Å². The number of hydrogen-bond donors (Lipinski definition) is 1. The number of carbonyl (C=O) groups is 2. The summed E-state index contributed by atoms with van der Waals surface area (Å²) in [6, 6.07) is 38.1. The maximum atomic E-state index is 12.4. The van der Waals surface area contributed by atoms with Gasteiger partial charge in [-0.2, -0.15) is 0 Å². The first-order valence-electron chi connectivity index (χ1n) is 18.4. The number of hydrogen-bond acceptors (Lipinski definition) is 11. The quantitative estimate of drug-likeness (QED) is 0.0453. The number of aliphatic hydroxyl groups excluding tert-OH is 1. The molecule has 0 aliphatic carbocycles. The van der Waals surface area contributed by atoms with Crippen LogP contribution in [-0.4, -0.2) is 66.4 Å². The third-order valence-corrected chi connectivity index (χ3v) is 8.95. The van der Waals surface area contributed by atoms with E-state index in [0.29, 0.717) is 30.2 Å². The summed E-state index contributed by atoms with van der Waals surface area (Å²) in [5.41, 5.74) is 4.00. The number of nitrogens with zero attached hydrogens (tertiary/aromatic N) is 2. The van der Waals surface area contributed by atoms with E-state index < -0.39 is 22.9 Å². The van der Waals surface area contributed by atoms with Gasteiger partial charge in [0.1, 0.15) is 18.1 Å². The molecule has 1 atom stereocenters. The number of aliphatic hydroxyl groups is 1. The van der Waals surface area contributed by atoms with Crippen molar-refractivity contribution in [1.29, 1.82) is 0 Å². The molecule has 0 amide bonds. The Kier molecular flexibility index (Phi) is 15.4. The third-order valence-electron chi connectivity index (χ3n) is 8.95. The van der Waals surface area contributed by atoms with Gasteiger partial charge in [-0.3, -0.25) is 15.0 Å². The molecule has 0 aliphatic heterocycles. The van der Waals surface area contributed by atoms with Gasteiger partial charge in [-0.15, -0.1) is 0 Å². The van der Waals surface area contributed by atoms with Gasteiger partial charge in [-0.1, -0.05) is 91.0 Å². The van der Waals surface area contributed by atoms with Gasteiger partial charge in [-0.05, 0) is 72.0 Å². The summed E-state index contributed by atoms with van der Waals surface area (Å²) < 4.78 is 27.2. The number of benzene rings is 5. The minimum Gasteiger partial charge on any atom is -0.482 e. The second-order valence-corrected chi connectivity index (χ2v) is 12.8. The predicted molar refractivity (Wildman–Crippen MR) is 210 cm³/mol. The monoisotopic (exact) mass is 762 g/mol. The van der Waals surface area contributed by atoms with E-state index in [9.17, 15) is 24.8 Å². The highest BCUT2D eigenvalue weighted by Crippen LogP contribution is 2.36. The number of nitro benzene ring substituents is 1. The van der Waals surface area contributed by atoms with Crippen LogP contribution < -0.4 is 14.2 Å². The lowest BCUT2D eigenvalue weighted by atomic mass is 9.89. The molecule has 1 unspecified atom stereocenters. The smallest absolute Gasteiger partial charge is 0.344 e. The number of ether oxygens (including phenoxy) is 5. The Bertz CT molecular complexity index is 1930. The highest BCUT2D eigenvalue weighted by molar-refractivity contribution is 5.71. The molecule has 0 bridgehead atoms. The van der Waals surface area contributed by atoms with Crippen molar-refractivity contribution in [3.05, 3.63) is 165 Å². The lowest BCUT2D eigenvalue weighted by molar-refractivity contribution is -0.386. The summed E-state index contributed by atoms with van der Waals surface area (Å²) in [5, 5.41) is 23.4. The Morgan fingerprint density at radius 3 is 1.66 bits per heavy atom. The van der Waals surface area contributed by atoms with Crippen LogP contribution >= 0.6 is 0 Å². The van der Waals surface area contributed by atoms with Crippen LogP contribution in [0, 0.1) is 10.1 Å². The van der Waals surface area contributed by atoms with Crippen molar-refractivity contribution in [1.82, 2.24) is 4.90 Å². The number of rotatable bonds is 21. The highest BCUT2D eigenvalue weighted by atomic mass is 16.6. The van der Waals surface area contributed by atoms with Crippen molar-refractivity contribution in [3.63, 3.8) is 0 Å². The van der Waals surface area contributed by atoms with E-state index in [2.05, 4.69) is 4.90 Å². The zero-order valence-electron chi connectivity index (χ0n) is 31.5. The van der Waals surface area contributed by atoms with Crippen LogP contribution in [0.1, 0.15) is 53.6 Å². The van der Waals surface area contributed by atoms with Crippen LogP contribution in [0.25, 0.3) is 0 Å². The van der Waals surface area contributed by atoms with Gasteiger partial charge in [0, 0.05) is 25.1 Å². The Balaban J connectivity index is 1.49. The summed E-state index contributed by atoms with van der Waals surface area (Å²) in [6.07, 6.45) is 0. The maximum Gasteiger partial charge on any atom is 0.344 e. The van der Waals surface area contributed by atoms with Crippen LogP contribution in [0.4, 0.5) is 5.69 Å². The lowest BCUT2D eigenvalue weighted by Crippen LogP contribution is -2.35. The molecule has 0 heterocycles. The van der Waals surface area contributed by atoms with Crippen molar-refractivity contribution < 1.29 is 43.3 Å². The highest BCUT2D eigenvalue weighted by Gasteiger charge is 2.28. The molecule has 5 rings (SSSR count). The van der Waals surface area contributed by atoms with E-state index in [-0.39, 0.29) is 57.0 Å². The first kappa shape index (κ1) is 40.9. The molecule has 0 spiro atoms. The fourth-order valence-corrected chi connectivity index (χ4v) is 6.21. The van der Waals surface area contributed by atoms with E-state index >= 15 is 0 Å². The minimum absolute atomic E-state index is 0.127. The molecular weight excluding hydrogens is 716 g/mol. The lowest BCUT2D eigenvalue weighted by Gasteiger charge is -2.34. The molecule has 0 aliphatic rings. The summed E-state index contributed by atoms with van der Waals surface area (Å²) in [4.78, 5) is 37.8. The summed E-state index contributed by atoms with van der Waals surface area (Å²) in [6.45, 7) is 4.11. The Morgan fingerprint density at radius 1 is 0.679 bits per heavy atom. The zero-order chi connectivity index (χ0) is 39.7.